The first-order valence-electron chi connectivity index (χ1n) is 11.6. The van der Waals surface area contributed by atoms with E-state index >= 15 is 0 Å². The fraction of sp³-hybridized carbons (Fsp3) is 0.133. The van der Waals surface area contributed by atoms with Gasteiger partial charge in [-0.25, -0.2) is 0 Å². The minimum absolute atomic E-state index is 0.0745. The Morgan fingerprint density at radius 3 is 2.82 bits per heavy atom. The molecule has 0 N–H and O–H groups in total. The van der Waals surface area contributed by atoms with E-state index in [2.05, 4.69) is 76.6 Å². The summed E-state index contributed by atoms with van der Waals surface area (Å²) < 4.78 is 6.26. The average Bonchev–Trinajstić information content (AvgIpc) is 2.91. The van der Waals surface area contributed by atoms with Crippen molar-refractivity contribution in [3.05, 3.63) is 114 Å². The van der Waals surface area contributed by atoms with E-state index in [1.54, 1.807) is 6.20 Å². The van der Waals surface area contributed by atoms with E-state index in [0.717, 1.165) is 58.1 Å². The highest BCUT2D eigenvalue weighted by atomic mass is 16.5. The Balaban J connectivity index is 1.47. The highest BCUT2D eigenvalue weighted by Crippen LogP contribution is 2.45. The van der Waals surface area contributed by atoms with Gasteiger partial charge >= 0.3 is 0 Å². The first-order chi connectivity index (χ1) is 16.8. The van der Waals surface area contributed by atoms with Crippen LogP contribution >= 0.6 is 0 Å². The van der Waals surface area contributed by atoms with Gasteiger partial charge in [0.2, 0.25) is 0 Å². The second-order valence-electron chi connectivity index (χ2n) is 8.61. The molecule has 0 amide bonds. The number of aliphatic imine (C=N–C) groups is 1. The smallest absolute Gasteiger partial charge is 0.151 e. The first-order valence-corrected chi connectivity index (χ1v) is 11.6. The summed E-state index contributed by atoms with van der Waals surface area (Å²) in [5.41, 5.74) is 6.54. The minimum Gasteiger partial charge on any atom is -0.457 e. The molecule has 2 atom stereocenters. The Morgan fingerprint density at radius 1 is 1.00 bits per heavy atom. The summed E-state index contributed by atoms with van der Waals surface area (Å²) in [7, 11) is 0. The fourth-order valence-electron chi connectivity index (χ4n) is 4.96. The zero-order chi connectivity index (χ0) is 22.9. The highest BCUT2D eigenvalue weighted by molar-refractivity contribution is 5.83. The summed E-state index contributed by atoms with van der Waals surface area (Å²) >= 11 is 0. The molecule has 1 aliphatic carbocycles. The Hall–Kier alpha value is -4.36. The van der Waals surface area contributed by atoms with Crippen molar-refractivity contribution in [2.75, 3.05) is 4.90 Å². The molecule has 0 fully saturated rings. The van der Waals surface area contributed by atoms with Crippen LogP contribution in [0.1, 0.15) is 24.3 Å². The zero-order valence-corrected chi connectivity index (χ0v) is 18.6. The molecular formula is C30H23N3O. The van der Waals surface area contributed by atoms with E-state index in [9.17, 15) is 5.26 Å². The SMILES string of the molecule is N#CC1C=CN=CC1c1ccccc1-c1cccc(N2C3=C(CCC=C3)Oc3ccccc32)c1. The maximum absolute atomic E-state index is 9.71. The minimum atomic E-state index is -0.229. The van der Waals surface area contributed by atoms with E-state index in [-0.39, 0.29) is 11.8 Å². The predicted octanol–water partition coefficient (Wildman–Crippen LogP) is 7.27. The van der Waals surface area contributed by atoms with Gasteiger partial charge < -0.3 is 9.64 Å². The van der Waals surface area contributed by atoms with Crippen molar-refractivity contribution in [1.29, 1.82) is 5.26 Å². The maximum Gasteiger partial charge on any atom is 0.151 e. The van der Waals surface area contributed by atoms with Crippen molar-refractivity contribution >= 4 is 17.6 Å². The second kappa shape index (κ2) is 8.53. The number of benzene rings is 3. The molecule has 0 radical (unpaired) electrons. The number of ether oxygens (including phenoxy) is 1. The Labute approximate surface area is 199 Å². The number of hydrogen-bond donors (Lipinski definition) is 0. The van der Waals surface area contributed by atoms with Crippen LogP contribution in [-0.4, -0.2) is 6.21 Å². The van der Waals surface area contributed by atoms with Crippen molar-refractivity contribution in [1.82, 2.24) is 0 Å². The fourth-order valence-corrected chi connectivity index (χ4v) is 4.96. The molecule has 2 unspecified atom stereocenters. The van der Waals surface area contributed by atoms with E-state index in [0.29, 0.717) is 0 Å². The van der Waals surface area contributed by atoms with Crippen LogP contribution in [0, 0.1) is 17.2 Å². The number of nitriles is 1. The van der Waals surface area contributed by atoms with Crippen molar-refractivity contribution in [2.45, 2.75) is 18.8 Å². The molecule has 4 nitrogen and oxygen atoms in total. The van der Waals surface area contributed by atoms with Gasteiger partial charge in [0.1, 0.15) is 5.76 Å². The lowest BCUT2D eigenvalue weighted by Crippen LogP contribution is -2.24. The van der Waals surface area contributed by atoms with Gasteiger partial charge in [0.15, 0.2) is 5.75 Å². The van der Waals surface area contributed by atoms with Crippen molar-refractivity contribution in [2.24, 2.45) is 10.9 Å². The molecule has 0 spiro atoms. The number of anilines is 2. The normalized spacial score (nSPS) is 20.4. The Bertz CT molecular complexity index is 1420. The van der Waals surface area contributed by atoms with Gasteiger partial charge in [-0.3, -0.25) is 4.99 Å². The summed E-state index contributed by atoms with van der Waals surface area (Å²) in [5, 5.41) is 9.71. The molecule has 0 saturated heterocycles. The van der Waals surface area contributed by atoms with Crippen LogP contribution < -0.4 is 9.64 Å². The van der Waals surface area contributed by atoms with Crippen LogP contribution in [0.4, 0.5) is 11.4 Å². The molecule has 0 bridgehead atoms. The molecule has 2 aliphatic heterocycles. The van der Waals surface area contributed by atoms with E-state index in [1.165, 1.54) is 0 Å². The summed E-state index contributed by atoms with van der Waals surface area (Å²) in [6.45, 7) is 0. The Morgan fingerprint density at radius 2 is 1.88 bits per heavy atom. The average molecular weight is 442 g/mol. The molecule has 3 aliphatic rings. The van der Waals surface area contributed by atoms with Crippen LogP contribution in [-0.2, 0) is 0 Å². The third-order valence-corrected chi connectivity index (χ3v) is 6.58. The van der Waals surface area contributed by atoms with E-state index in [4.69, 9.17) is 4.74 Å². The van der Waals surface area contributed by atoms with Crippen LogP contribution in [0.2, 0.25) is 0 Å². The van der Waals surface area contributed by atoms with E-state index in [1.807, 2.05) is 36.6 Å². The summed E-state index contributed by atoms with van der Waals surface area (Å²) in [5.74, 6) is 1.58. The van der Waals surface area contributed by atoms with Crippen LogP contribution in [0.25, 0.3) is 11.1 Å². The molecule has 164 valence electrons. The standard InChI is InChI=1S/C30H23N3O/c31-19-22-16-17-32-20-26(22)25-11-2-1-10-24(25)21-8-7-9-23(18-21)33-27-12-3-5-14-29(27)34-30-15-6-4-13-28(30)33/h1-5,7-14,16-18,20,22,26H,6,15H2. The molecule has 0 aromatic heterocycles. The van der Waals surface area contributed by atoms with Gasteiger partial charge in [-0.2, -0.15) is 5.26 Å². The molecule has 4 heteroatoms. The third kappa shape index (κ3) is 3.43. The number of allylic oxidation sites excluding steroid dienone is 4. The van der Waals surface area contributed by atoms with Gasteiger partial charge in [-0.15, -0.1) is 0 Å². The predicted molar refractivity (Wildman–Crippen MR) is 136 cm³/mol. The topological polar surface area (TPSA) is 48.6 Å². The lowest BCUT2D eigenvalue weighted by molar-refractivity contribution is 0.388. The molecule has 6 rings (SSSR count). The van der Waals surface area contributed by atoms with Crippen molar-refractivity contribution in [3.8, 4) is 22.9 Å². The number of nitrogens with zero attached hydrogens (tertiary/aromatic N) is 3. The molecule has 3 aromatic rings. The monoisotopic (exact) mass is 441 g/mol. The van der Waals surface area contributed by atoms with Gasteiger partial charge in [0.25, 0.3) is 0 Å². The highest BCUT2D eigenvalue weighted by Gasteiger charge is 2.28. The summed E-state index contributed by atoms with van der Waals surface area (Å²) in [4.78, 5) is 6.63. The van der Waals surface area contributed by atoms with Crippen LogP contribution in [0.3, 0.4) is 0 Å². The number of fused-ring (bicyclic) bond motifs is 1. The van der Waals surface area contributed by atoms with Gasteiger partial charge in [-0.1, -0.05) is 54.6 Å². The quantitative estimate of drug-likeness (QED) is 0.429. The maximum atomic E-state index is 9.71. The summed E-state index contributed by atoms with van der Waals surface area (Å²) in [6, 6.07) is 27.5. The van der Waals surface area contributed by atoms with Gasteiger partial charge in [0.05, 0.1) is 23.4 Å². The van der Waals surface area contributed by atoms with Crippen LogP contribution in [0.15, 0.2) is 114 Å². The third-order valence-electron chi connectivity index (χ3n) is 6.58. The molecule has 34 heavy (non-hydrogen) atoms. The van der Waals surface area contributed by atoms with Gasteiger partial charge in [-0.05, 0) is 59.5 Å². The van der Waals surface area contributed by atoms with Crippen molar-refractivity contribution < 1.29 is 4.74 Å². The number of para-hydroxylation sites is 2. The van der Waals surface area contributed by atoms with Gasteiger partial charge in [0, 0.05) is 30.4 Å². The number of rotatable bonds is 3. The van der Waals surface area contributed by atoms with Crippen LogP contribution in [0.5, 0.6) is 5.75 Å². The second-order valence-corrected chi connectivity index (χ2v) is 8.61. The number of hydrogen-bond acceptors (Lipinski definition) is 4. The Kier molecular flexibility index (Phi) is 5.08. The lowest BCUT2D eigenvalue weighted by Gasteiger charge is -2.35. The lowest BCUT2D eigenvalue weighted by atomic mass is 9.82. The zero-order valence-electron chi connectivity index (χ0n) is 18.6. The molecule has 2 heterocycles. The van der Waals surface area contributed by atoms with Crippen molar-refractivity contribution in [3.63, 3.8) is 0 Å². The molecular weight excluding hydrogens is 418 g/mol. The molecule has 0 saturated carbocycles. The molecule has 3 aromatic carbocycles. The first kappa shape index (κ1) is 20.3. The largest absolute Gasteiger partial charge is 0.457 e. The summed E-state index contributed by atoms with van der Waals surface area (Å²) in [6.07, 6.45) is 11.7. The van der Waals surface area contributed by atoms with E-state index < -0.39 is 0 Å².